The first-order valence-electron chi connectivity index (χ1n) is 5.01. The fourth-order valence-corrected chi connectivity index (χ4v) is 2.14. The molecule has 0 fully saturated rings. The van der Waals surface area contributed by atoms with Crippen LogP contribution in [0.3, 0.4) is 0 Å². The maximum absolute atomic E-state index is 13.7. The molecule has 2 nitrogen and oxygen atoms in total. The zero-order valence-corrected chi connectivity index (χ0v) is 10.8. The molecule has 4 heteroatoms. The lowest BCUT2D eigenvalue weighted by molar-refractivity contribution is 0.412. The van der Waals surface area contributed by atoms with Crippen LogP contribution >= 0.6 is 15.9 Å². The monoisotopic (exact) mass is 295 g/mol. The van der Waals surface area contributed by atoms with Gasteiger partial charge in [0.2, 0.25) is 0 Å². The summed E-state index contributed by atoms with van der Waals surface area (Å²) >= 11 is 3.37. The molecule has 0 aliphatic carbocycles. The van der Waals surface area contributed by atoms with Gasteiger partial charge in [0, 0.05) is 11.3 Å². The average Bonchev–Trinajstić information content (AvgIpc) is 2.29. The van der Waals surface area contributed by atoms with Crippen LogP contribution in [0.25, 0.3) is 11.1 Å². The highest BCUT2D eigenvalue weighted by Gasteiger charge is 2.08. The van der Waals surface area contributed by atoms with E-state index >= 15 is 0 Å². The molecule has 0 aliphatic rings. The highest BCUT2D eigenvalue weighted by Crippen LogP contribution is 2.32. The molecule has 2 N–H and O–H groups in total. The SMILES string of the molecule is COc1ccc(-c2ccc(N)cc2F)cc1Br. The Morgan fingerprint density at radius 1 is 1.18 bits per heavy atom. The summed E-state index contributed by atoms with van der Waals surface area (Å²) in [6.07, 6.45) is 0. The van der Waals surface area contributed by atoms with E-state index in [1.807, 2.05) is 6.07 Å². The lowest BCUT2D eigenvalue weighted by atomic mass is 10.0. The van der Waals surface area contributed by atoms with Crippen molar-refractivity contribution in [3.63, 3.8) is 0 Å². The van der Waals surface area contributed by atoms with Gasteiger partial charge in [-0.1, -0.05) is 6.07 Å². The van der Waals surface area contributed by atoms with Gasteiger partial charge in [-0.3, -0.25) is 0 Å². The molecule has 0 heterocycles. The zero-order valence-electron chi connectivity index (χ0n) is 9.21. The van der Waals surface area contributed by atoms with Gasteiger partial charge in [0.1, 0.15) is 11.6 Å². The Kier molecular flexibility index (Phi) is 3.33. The Balaban J connectivity index is 2.50. The summed E-state index contributed by atoms with van der Waals surface area (Å²) in [7, 11) is 1.59. The van der Waals surface area contributed by atoms with Crippen LogP contribution in [-0.4, -0.2) is 7.11 Å². The minimum absolute atomic E-state index is 0.331. The smallest absolute Gasteiger partial charge is 0.133 e. The van der Waals surface area contributed by atoms with Crippen molar-refractivity contribution >= 4 is 21.6 Å². The van der Waals surface area contributed by atoms with Crippen molar-refractivity contribution in [2.75, 3.05) is 12.8 Å². The van der Waals surface area contributed by atoms with Crippen molar-refractivity contribution < 1.29 is 9.13 Å². The van der Waals surface area contributed by atoms with Gasteiger partial charge in [-0.15, -0.1) is 0 Å². The van der Waals surface area contributed by atoms with E-state index in [1.165, 1.54) is 6.07 Å². The van der Waals surface area contributed by atoms with Gasteiger partial charge in [0.15, 0.2) is 0 Å². The average molecular weight is 296 g/mol. The van der Waals surface area contributed by atoms with Crippen LogP contribution in [0.2, 0.25) is 0 Å². The van der Waals surface area contributed by atoms with E-state index in [4.69, 9.17) is 10.5 Å². The van der Waals surface area contributed by atoms with Crippen molar-refractivity contribution in [1.29, 1.82) is 0 Å². The molecule has 0 amide bonds. The van der Waals surface area contributed by atoms with Crippen LogP contribution in [0.4, 0.5) is 10.1 Å². The van der Waals surface area contributed by atoms with Crippen molar-refractivity contribution in [3.05, 3.63) is 46.7 Å². The Hall–Kier alpha value is -1.55. The maximum Gasteiger partial charge on any atom is 0.133 e. The number of ether oxygens (including phenoxy) is 1. The largest absolute Gasteiger partial charge is 0.496 e. The highest BCUT2D eigenvalue weighted by molar-refractivity contribution is 9.10. The standard InChI is InChI=1S/C13H11BrFNO/c1-17-13-5-2-8(6-11(13)14)10-4-3-9(16)7-12(10)15/h2-7H,16H2,1H3. The molecule has 17 heavy (non-hydrogen) atoms. The topological polar surface area (TPSA) is 35.2 Å². The minimum atomic E-state index is -0.331. The van der Waals surface area contributed by atoms with Crippen LogP contribution in [0.1, 0.15) is 0 Å². The predicted octanol–water partition coefficient (Wildman–Crippen LogP) is 3.85. The highest BCUT2D eigenvalue weighted by atomic mass is 79.9. The van der Waals surface area contributed by atoms with Gasteiger partial charge in [0.25, 0.3) is 0 Å². The zero-order chi connectivity index (χ0) is 12.4. The lowest BCUT2D eigenvalue weighted by Gasteiger charge is -2.08. The first kappa shape index (κ1) is 11.9. The molecule has 0 radical (unpaired) electrons. The number of rotatable bonds is 2. The summed E-state index contributed by atoms with van der Waals surface area (Å²) in [5, 5.41) is 0. The number of anilines is 1. The van der Waals surface area contributed by atoms with E-state index in [-0.39, 0.29) is 5.82 Å². The van der Waals surface area contributed by atoms with Gasteiger partial charge in [-0.2, -0.15) is 0 Å². The third kappa shape index (κ3) is 2.42. The molecular formula is C13H11BrFNO. The van der Waals surface area contributed by atoms with E-state index in [0.29, 0.717) is 17.0 Å². The molecular weight excluding hydrogens is 285 g/mol. The van der Waals surface area contributed by atoms with Crippen LogP contribution in [0.15, 0.2) is 40.9 Å². The summed E-state index contributed by atoms with van der Waals surface area (Å²) in [6.45, 7) is 0. The third-order valence-corrected chi connectivity index (χ3v) is 3.08. The molecule has 0 unspecified atom stereocenters. The summed E-state index contributed by atoms with van der Waals surface area (Å²) in [6, 6.07) is 10.1. The van der Waals surface area contributed by atoms with E-state index < -0.39 is 0 Å². The molecule has 0 bridgehead atoms. The maximum atomic E-state index is 13.7. The molecule has 0 spiro atoms. The van der Waals surface area contributed by atoms with Crippen LogP contribution in [0.5, 0.6) is 5.75 Å². The number of benzene rings is 2. The number of halogens is 2. The van der Waals surface area contributed by atoms with E-state index in [2.05, 4.69) is 15.9 Å². The van der Waals surface area contributed by atoms with E-state index in [0.717, 1.165) is 10.0 Å². The fourth-order valence-electron chi connectivity index (χ4n) is 1.60. The number of nitrogens with two attached hydrogens (primary N) is 1. The number of methoxy groups -OCH3 is 1. The molecule has 2 aromatic carbocycles. The second kappa shape index (κ2) is 4.75. The summed E-state index contributed by atoms with van der Waals surface area (Å²) in [5.74, 6) is 0.381. The minimum Gasteiger partial charge on any atom is -0.496 e. The van der Waals surface area contributed by atoms with Crippen LogP contribution < -0.4 is 10.5 Å². The quantitative estimate of drug-likeness (QED) is 0.854. The fraction of sp³-hybridized carbons (Fsp3) is 0.0769. The van der Waals surface area contributed by atoms with E-state index in [9.17, 15) is 4.39 Å². The third-order valence-electron chi connectivity index (χ3n) is 2.46. The first-order chi connectivity index (χ1) is 8.11. The number of nitrogen functional groups attached to an aromatic ring is 1. The molecule has 88 valence electrons. The summed E-state index contributed by atoms with van der Waals surface area (Å²) in [4.78, 5) is 0. The van der Waals surface area contributed by atoms with Gasteiger partial charge >= 0.3 is 0 Å². The summed E-state index contributed by atoms with van der Waals surface area (Å²) in [5.41, 5.74) is 7.22. The molecule has 2 aromatic rings. The predicted molar refractivity (Wildman–Crippen MR) is 70.5 cm³/mol. The van der Waals surface area contributed by atoms with Gasteiger partial charge in [-0.25, -0.2) is 4.39 Å². The molecule has 0 aliphatic heterocycles. The lowest BCUT2D eigenvalue weighted by Crippen LogP contribution is -1.90. The second-order valence-corrected chi connectivity index (χ2v) is 4.44. The Bertz CT molecular complexity index is 557. The molecule has 2 rings (SSSR count). The Morgan fingerprint density at radius 3 is 2.53 bits per heavy atom. The van der Waals surface area contributed by atoms with Crippen molar-refractivity contribution in [2.45, 2.75) is 0 Å². The molecule has 0 aromatic heterocycles. The van der Waals surface area contributed by atoms with Crippen molar-refractivity contribution in [1.82, 2.24) is 0 Å². The second-order valence-electron chi connectivity index (χ2n) is 3.59. The van der Waals surface area contributed by atoms with Crippen LogP contribution in [-0.2, 0) is 0 Å². The van der Waals surface area contributed by atoms with Gasteiger partial charge < -0.3 is 10.5 Å². The molecule has 0 saturated carbocycles. The van der Waals surface area contributed by atoms with Crippen molar-refractivity contribution in [3.8, 4) is 16.9 Å². The van der Waals surface area contributed by atoms with Crippen LogP contribution in [0, 0.1) is 5.82 Å². The normalized spacial score (nSPS) is 10.3. The number of hydrogen-bond donors (Lipinski definition) is 1. The van der Waals surface area contributed by atoms with Crippen molar-refractivity contribution in [2.24, 2.45) is 0 Å². The van der Waals surface area contributed by atoms with Gasteiger partial charge in [-0.05, 0) is 51.8 Å². The Labute approximate surface area is 107 Å². The number of hydrogen-bond acceptors (Lipinski definition) is 2. The first-order valence-corrected chi connectivity index (χ1v) is 5.80. The van der Waals surface area contributed by atoms with E-state index in [1.54, 1.807) is 31.4 Å². The molecule has 0 saturated heterocycles. The van der Waals surface area contributed by atoms with Gasteiger partial charge in [0.05, 0.1) is 11.6 Å². The molecule has 0 atom stereocenters. The Morgan fingerprint density at radius 2 is 1.94 bits per heavy atom. The summed E-state index contributed by atoms with van der Waals surface area (Å²) < 4.78 is 19.6.